The first-order valence-electron chi connectivity index (χ1n) is 4.58. The van der Waals surface area contributed by atoms with E-state index in [2.05, 4.69) is 5.10 Å². The van der Waals surface area contributed by atoms with E-state index in [1.165, 1.54) is 0 Å². The molecule has 3 N–H and O–H groups in total. The Hall–Kier alpha value is -1.07. The van der Waals surface area contributed by atoms with Gasteiger partial charge in [-0.15, -0.1) is 0 Å². The molecule has 1 rings (SSSR count). The van der Waals surface area contributed by atoms with Gasteiger partial charge in [0.1, 0.15) is 5.69 Å². The summed E-state index contributed by atoms with van der Waals surface area (Å²) in [6.07, 6.45) is 1.57. The first-order valence-corrected chi connectivity index (χ1v) is 4.58. The van der Waals surface area contributed by atoms with Gasteiger partial charge in [-0.3, -0.25) is 4.68 Å². The van der Waals surface area contributed by atoms with Gasteiger partial charge in [0, 0.05) is 13.2 Å². The minimum atomic E-state index is -0.258. The van der Waals surface area contributed by atoms with Crippen molar-refractivity contribution in [1.29, 1.82) is 0 Å². The van der Waals surface area contributed by atoms with Crippen molar-refractivity contribution in [2.45, 2.75) is 25.9 Å². The van der Waals surface area contributed by atoms with Gasteiger partial charge in [0.2, 0.25) is 0 Å². The lowest BCUT2D eigenvalue weighted by Crippen LogP contribution is -2.13. The van der Waals surface area contributed by atoms with Crippen LogP contribution in [-0.4, -0.2) is 28.6 Å². The molecular formula is C9H17N3O2. The van der Waals surface area contributed by atoms with Gasteiger partial charge in [-0.25, -0.2) is 0 Å². The molecule has 5 heteroatoms. The molecule has 0 aromatic carbocycles. The zero-order valence-corrected chi connectivity index (χ0v) is 8.77. The number of methoxy groups -OCH3 is 1. The van der Waals surface area contributed by atoms with E-state index in [0.717, 1.165) is 0 Å². The predicted octanol–water partition coefficient (Wildman–Crippen LogP) is 0.816. The summed E-state index contributed by atoms with van der Waals surface area (Å²) in [5.41, 5.74) is 6.16. The number of aromatic hydroxyl groups is 1. The van der Waals surface area contributed by atoms with Crippen LogP contribution in [-0.2, 0) is 4.74 Å². The largest absolute Gasteiger partial charge is 0.504 e. The normalized spacial score (nSPS) is 15.4. The summed E-state index contributed by atoms with van der Waals surface area (Å²) in [4.78, 5) is 0. The number of ether oxygens (including phenoxy) is 1. The Balaban J connectivity index is 2.85. The number of hydrogen-bond donors (Lipinski definition) is 2. The van der Waals surface area contributed by atoms with Crippen molar-refractivity contribution in [2.24, 2.45) is 5.73 Å². The maximum Gasteiger partial charge on any atom is 0.158 e. The quantitative estimate of drug-likeness (QED) is 0.752. The highest BCUT2D eigenvalue weighted by molar-refractivity contribution is 5.25. The maximum absolute atomic E-state index is 9.51. The third kappa shape index (κ3) is 2.24. The molecule has 0 saturated carbocycles. The number of nitrogens with zero attached hydrogens (tertiary/aromatic N) is 2. The molecule has 5 nitrogen and oxygen atoms in total. The highest BCUT2D eigenvalue weighted by Gasteiger charge is 2.14. The minimum absolute atomic E-state index is 0.0957. The Labute approximate surface area is 83.5 Å². The van der Waals surface area contributed by atoms with Gasteiger partial charge in [-0.2, -0.15) is 5.10 Å². The second-order valence-electron chi connectivity index (χ2n) is 3.47. The third-order valence-electron chi connectivity index (χ3n) is 2.03. The number of aromatic nitrogens is 2. The Kier molecular flexibility index (Phi) is 3.49. The Morgan fingerprint density at radius 1 is 1.64 bits per heavy atom. The number of hydrogen-bond acceptors (Lipinski definition) is 4. The molecule has 0 aliphatic carbocycles. The van der Waals surface area contributed by atoms with Crippen LogP contribution in [0.1, 0.15) is 31.6 Å². The van der Waals surface area contributed by atoms with Gasteiger partial charge in [-0.1, -0.05) is 0 Å². The molecule has 2 unspecified atom stereocenters. The van der Waals surface area contributed by atoms with E-state index in [9.17, 15) is 5.11 Å². The highest BCUT2D eigenvalue weighted by Crippen LogP contribution is 2.22. The van der Waals surface area contributed by atoms with Gasteiger partial charge in [0.25, 0.3) is 0 Å². The molecule has 0 fully saturated rings. The molecule has 1 heterocycles. The molecule has 0 aliphatic heterocycles. The molecule has 0 bridgehead atoms. The minimum Gasteiger partial charge on any atom is -0.504 e. The molecule has 1 aromatic rings. The van der Waals surface area contributed by atoms with Crippen molar-refractivity contribution in [2.75, 3.05) is 13.7 Å². The molecule has 0 saturated heterocycles. The molecule has 2 atom stereocenters. The van der Waals surface area contributed by atoms with Crippen molar-refractivity contribution in [3.63, 3.8) is 0 Å². The number of rotatable bonds is 4. The fraction of sp³-hybridized carbons (Fsp3) is 0.667. The first-order chi connectivity index (χ1) is 6.56. The predicted molar refractivity (Wildman–Crippen MR) is 53.1 cm³/mol. The second kappa shape index (κ2) is 4.43. The fourth-order valence-electron chi connectivity index (χ4n) is 1.26. The van der Waals surface area contributed by atoms with Crippen LogP contribution in [0.5, 0.6) is 5.75 Å². The molecule has 80 valence electrons. The highest BCUT2D eigenvalue weighted by atomic mass is 16.5. The smallest absolute Gasteiger partial charge is 0.158 e. The van der Waals surface area contributed by atoms with Crippen LogP contribution in [0.4, 0.5) is 0 Å². The zero-order chi connectivity index (χ0) is 10.7. The summed E-state index contributed by atoms with van der Waals surface area (Å²) < 4.78 is 6.66. The van der Waals surface area contributed by atoms with Crippen LogP contribution >= 0.6 is 0 Å². The van der Waals surface area contributed by atoms with Crippen LogP contribution in [0, 0.1) is 0 Å². The summed E-state index contributed by atoms with van der Waals surface area (Å²) in [6, 6.07) is -0.163. The molecule has 14 heavy (non-hydrogen) atoms. The molecule has 0 amide bonds. The lowest BCUT2D eigenvalue weighted by molar-refractivity contribution is 0.156. The van der Waals surface area contributed by atoms with Crippen molar-refractivity contribution in [1.82, 2.24) is 9.78 Å². The molecule has 0 aliphatic rings. The van der Waals surface area contributed by atoms with E-state index in [1.807, 2.05) is 6.92 Å². The van der Waals surface area contributed by atoms with Crippen LogP contribution < -0.4 is 5.73 Å². The second-order valence-corrected chi connectivity index (χ2v) is 3.47. The number of nitrogens with two attached hydrogens (primary N) is 1. The Morgan fingerprint density at radius 3 is 2.71 bits per heavy atom. The van der Waals surface area contributed by atoms with Gasteiger partial charge < -0.3 is 15.6 Å². The van der Waals surface area contributed by atoms with Gasteiger partial charge >= 0.3 is 0 Å². The molecule has 0 radical (unpaired) electrons. The lowest BCUT2D eigenvalue weighted by Gasteiger charge is -2.10. The van der Waals surface area contributed by atoms with Crippen LogP contribution in [0.25, 0.3) is 0 Å². The van der Waals surface area contributed by atoms with E-state index in [4.69, 9.17) is 10.5 Å². The zero-order valence-electron chi connectivity index (χ0n) is 8.77. The Morgan fingerprint density at radius 2 is 2.29 bits per heavy atom. The van der Waals surface area contributed by atoms with Crippen LogP contribution in [0.15, 0.2) is 6.20 Å². The summed E-state index contributed by atoms with van der Waals surface area (Å²) in [5.74, 6) is 0.142. The molecule has 1 aromatic heterocycles. The van der Waals surface area contributed by atoms with Crippen molar-refractivity contribution in [3.05, 3.63) is 11.9 Å². The summed E-state index contributed by atoms with van der Waals surface area (Å²) in [6.45, 7) is 4.30. The molecular weight excluding hydrogens is 182 g/mol. The van der Waals surface area contributed by atoms with Crippen LogP contribution in [0.2, 0.25) is 0 Å². The topological polar surface area (TPSA) is 73.3 Å². The van der Waals surface area contributed by atoms with Crippen LogP contribution in [0.3, 0.4) is 0 Å². The average molecular weight is 199 g/mol. The SMILES string of the molecule is COCC(C)n1cc(O)c(C(C)N)n1. The van der Waals surface area contributed by atoms with E-state index >= 15 is 0 Å². The van der Waals surface area contributed by atoms with E-state index in [1.54, 1.807) is 24.9 Å². The van der Waals surface area contributed by atoms with Crippen molar-refractivity contribution >= 4 is 0 Å². The van der Waals surface area contributed by atoms with E-state index < -0.39 is 0 Å². The van der Waals surface area contributed by atoms with Crippen molar-refractivity contribution in [3.8, 4) is 5.75 Å². The lowest BCUT2D eigenvalue weighted by atomic mass is 10.2. The third-order valence-corrected chi connectivity index (χ3v) is 2.03. The van der Waals surface area contributed by atoms with Gasteiger partial charge in [-0.05, 0) is 13.8 Å². The fourth-order valence-corrected chi connectivity index (χ4v) is 1.26. The monoisotopic (exact) mass is 199 g/mol. The van der Waals surface area contributed by atoms with Gasteiger partial charge in [0.05, 0.1) is 18.8 Å². The maximum atomic E-state index is 9.51. The molecule has 0 spiro atoms. The summed E-state index contributed by atoms with van der Waals surface area (Å²) >= 11 is 0. The van der Waals surface area contributed by atoms with Gasteiger partial charge in [0.15, 0.2) is 5.75 Å². The standard InChI is InChI=1S/C9H17N3O2/c1-6(5-14-3)12-4-8(13)9(11-12)7(2)10/h4,6-7,13H,5,10H2,1-3H3. The van der Waals surface area contributed by atoms with Crippen molar-refractivity contribution < 1.29 is 9.84 Å². The Bertz CT molecular complexity index is 296. The van der Waals surface area contributed by atoms with E-state index in [-0.39, 0.29) is 17.8 Å². The first kappa shape index (κ1) is 11.0. The summed E-state index contributed by atoms with van der Waals surface area (Å²) in [5, 5.41) is 13.7. The summed E-state index contributed by atoms with van der Waals surface area (Å²) in [7, 11) is 1.63. The van der Waals surface area contributed by atoms with E-state index in [0.29, 0.717) is 12.3 Å². The average Bonchev–Trinajstić information content (AvgIpc) is 2.48.